The number of nitrogens with one attached hydrogen (secondary N) is 2. The van der Waals surface area contributed by atoms with Crippen molar-refractivity contribution in [2.24, 2.45) is 5.73 Å². The molecule has 0 saturated heterocycles. The predicted octanol–water partition coefficient (Wildman–Crippen LogP) is -0.0749. The molecular weight excluding hydrogens is 280 g/mol. The van der Waals surface area contributed by atoms with E-state index in [-0.39, 0.29) is 11.6 Å². The fourth-order valence-electron chi connectivity index (χ4n) is 0.933. The summed E-state index contributed by atoms with van der Waals surface area (Å²) in [7, 11) is -4.67. The van der Waals surface area contributed by atoms with Crippen molar-refractivity contribution >= 4 is 22.0 Å². The summed E-state index contributed by atoms with van der Waals surface area (Å²) in [5.74, 6) is -0.122. The van der Waals surface area contributed by atoms with Crippen molar-refractivity contribution < 1.29 is 22.4 Å². The second kappa shape index (κ2) is 7.25. The van der Waals surface area contributed by atoms with Crippen LogP contribution in [0.25, 0.3) is 0 Å². The summed E-state index contributed by atoms with van der Waals surface area (Å²) in [5, 5.41) is 19.8. The van der Waals surface area contributed by atoms with Crippen LogP contribution in [0.2, 0.25) is 0 Å². The highest BCUT2D eigenvalue weighted by Crippen LogP contribution is 2.11. The molecule has 11 heteroatoms. The van der Waals surface area contributed by atoms with Gasteiger partial charge in [0, 0.05) is 18.7 Å². The van der Waals surface area contributed by atoms with Gasteiger partial charge in [-0.2, -0.15) is 8.42 Å². The highest BCUT2D eigenvalue weighted by Gasteiger charge is 2.03. The number of guanidine groups is 1. The maximum Gasteiger partial charge on any atom is 0.394 e. The fraction of sp³-hybridized carbons (Fsp3) is 0.125. The molecule has 10 nitrogen and oxygen atoms in total. The summed E-state index contributed by atoms with van der Waals surface area (Å²) in [6.07, 6.45) is 0. The molecule has 0 saturated carbocycles. The number of rotatable bonds is 3. The maximum absolute atomic E-state index is 10.3. The lowest BCUT2D eigenvalue weighted by atomic mass is 10.2. The smallest absolute Gasteiger partial charge is 0.370 e. The molecule has 0 heterocycles. The molecule has 0 amide bonds. The molecule has 0 aliphatic carbocycles. The summed E-state index contributed by atoms with van der Waals surface area (Å²) < 4.78 is 31.6. The third kappa shape index (κ3) is 10.6. The van der Waals surface area contributed by atoms with Crippen LogP contribution in [-0.2, 0) is 16.9 Å². The van der Waals surface area contributed by atoms with Crippen LogP contribution in [0.1, 0.15) is 5.56 Å². The van der Waals surface area contributed by atoms with Crippen molar-refractivity contribution in [3.05, 3.63) is 39.9 Å². The Hall–Kier alpha value is -2.24. The molecule has 6 N–H and O–H groups in total. The average Bonchev–Trinajstić information content (AvgIpc) is 2.24. The van der Waals surface area contributed by atoms with E-state index in [9.17, 15) is 10.1 Å². The zero-order valence-corrected chi connectivity index (χ0v) is 10.3. The number of nitro benzene ring substituents is 1. The molecule has 0 aliphatic rings. The number of nitrogens with two attached hydrogens (primary N) is 1. The number of hydrogen-bond acceptors (Lipinski definition) is 5. The van der Waals surface area contributed by atoms with Crippen molar-refractivity contribution in [3.63, 3.8) is 0 Å². The van der Waals surface area contributed by atoms with Gasteiger partial charge in [-0.05, 0) is 5.56 Å². The minimum absolute atomic E-state index is 0.0524. The van der Waals surface area contributed by atoms with Gasteiger partial charge < -0.3 is 11.1 Å². The van der Waals surface area contributed by atoms with E-state index in [1.165, 1.54) is 12.1 Å². The van der Waals surface area contributed by atoms with Gasteiger partial charge in [0.25, 0.3) is 5.69 Å². The van der Waals surface area contributed by atoms with Crippen molar-refractivity contribution in [2.45, 2.75) is 6.54 Å². The molecule has 106 valence electrons. The van der Waals surface area contributed by atoms with Gasteiger partial charge in [-0.25, -0.2) is 0 Å². The van der Waals surface area contributed by atoms with E-state index in [1.807, 2.05) is 0 Å². The van der Waals surface area contributed by atoms with Crippen molar-refractivity contribution in [2.75, 3.05) is 0 Å². The normalized spacial score (nSPS) is 10.0. The molecule has 1 aromatic carbocycles. The Balaban J connectivity index is 0.000000555. The van der Waals surface area contributed by atoms with Gasteiger partial charge >= 0.3 is 10.4 Å². The van der Waals surface area contributed by atoms with E-state index in [0.717, 1.165) is 5.56 Å². The molecule has 0 bridgehead atoms. The van der Waals surface area contributed by atoms with Crippen molar-refractivity contribution in [3.8, 4) is 0 Å². The largest absolute Gasteiger partial charge is 0.394 e. The van der Waals surface area contributed by atoms with Crippen LogP contribution in [0.3, 0.4) is 0 Å². The number of non-ortho nitro benzene ring substituents is 1. The van der Waals surface area contributed by atoms with Crippen LogP contribution >= 0.6 is 0 Å². The second-order valence-corrected chi connectivity index (χ2v) is 4.03. The third-order valence-corrected chi connectivity index (χ3v) is 1.63. The van der Waals surface area contributed by atoms with E-state index in [2.05, 4.69) is 5.32 Å². The van der Waals surface area contributed by atoms with Crippen LogP contribution in [0.15, 0.2) is 24.3 Å². The molecule has 19 heavy (non-hydrogen) atoms. The van der Waals surface area contributed by atoms with Gasteiger partial charge in [0.2, 0.25) is 0 Å². The molecule has 1 rings (SSSR count). The summed E-state index contributed by atoms with van der Waals surface area (Å²) in [6.45, 7) is 0.396. The maximum atomic E-state index is 10.3. The fourth-order valence-corrected chi connectivity index (χ4v) is 0.933. The van der Waals surface area contributed by atoms with Crippen molar-refractivity contribution in [1.29, 1.82) is 5.41 Å². The van der Waals surface area contributed by atoms with Gasteiger partial charge in [0.1, 0.15) is 0 Å². The number of nitro groups is 1. The number of nitrogens with zero attached hydrogens (tertiary/aromatic N) is 1. The number of benzene rings is 1. The first kappa shape index (κ1) is 16.8. The Kier molecular flexibility index (Phi) is 6.40. The SMILES string of the molecule is N=C(N)NCc1ccc([N+](=O)[O-])cc1.O=S(=O)(O)O. The Morgan fingerprint density at radius 3 is 2.11 bits per heavy atom. The lowest BCUT2D eigenvalue weighted by Gasteiger charge is -2.02. The predicted molar refractivity (Wildman–Crippen MR) is 66.0 cm³/mol. The third-order valence-electron chi connectivity index (χ3n) is 1.63. The zero-order chi connectivity index (χ0) is 15.1. The van der Waals surface area contributed by atoms with Crippen LogP contribution in [0, 0.1) is 15.5 Å². The minimum atomic E-state index is -4.67. The molecule has 0 atom stereocenters. The minimum Gasteiger partial charge on any atom is -0.370 e. The van der Waals surface area contributed by atoms with Gasteiger partial charge in [0.15, 0.2) is 5.96 Å². The van der Waals surface area contributed by atoms with Gasteiger partial charge in [-0.1, -0.05) is 12.1 Å². The van der Waals surface area contributed by atoms with E-state index >= 15 is 0 Å². The van der Waals surface area contributed by atoms with Crippen LogP contribution in [0.5, 0.6) is 0 Å². The first-order valence-electron chi connectivity index (χ1n) is 4.60. The summed E-state index contributed by atoms with van der Waals surface area (Å²) in [6, 6.07) is 6.07. The summed E-state index contributed by atoms with van der Waals surface area (Å²) in [5.41, 5.74) is 5.97. The van der Waals surface area contributed by atoms with Crippen molar-refractivity contribution in [1.82, 2.24) is 5.32 Å². The number of hydrogen-bond donors (Lipinski definition) is 5. The van der Waals surface area contributed by atoms with Crippen LogP contribution in [0.4, 0.5) is 5.69 Å². The van der Waals surface area contributed by atoms with E-state index in [0.29, 0.717) is 6.54 Å². The molecule has 0 aromatic heterocycles. The van der Waals surface area contributed by atoms with E-state index in [1.54, 1.807) is 12.1 Å². The monoisotopic (exact) mass is 292 g/mol. The highest BCUT2D eigenvalue weighted by molar-refractivity contribution is 7.79. The highest BCUT2D eigenvalue weighted by atomic mass is 32.3. The molecule has 1 aromatic rings. The topological polar surface area (TPSA) is 180 Å². The standard InChI is InChI=1S/C8H10N4O2.H2O4S/c9-8(10)11-5-6-1-3-7(4-2-6)12(13)14;1-5(2,3)4/h1-4H,5H2,(H4,9,10,11);(H2,1,2,3,4). The molecule has 0 spiro atoms. The van der Waals surface area contributed by atoms with Crippen LogP contribution in [-0.4, -0.2) is 28.4 Å². The zero-order valence-electron chi connectivity index (χ0n) is 9.48. The molecule has 0 fully saturated rings. The van der Waals surface area contributed by atoms with Gasteiger partial charge in [-0.3, -0.25) is 24.6 Å². The van der Waals surface area contributed by atoms with Gasteiger partial charge in [0.05, 0.1) is 4.92 Å². The van der Waals surface area contributed by atoms with Gasteiger partial charge in [-0.15, -0.1) is 0 Å². The second-order valence-electron chi connectivity index (χ2n) is 3.14. The Bertz CT molecular complexity index is 533. The quantitative estimate of drug-likeness (QED) is 0.169. The van der Waals surface area contributed by atoms with Crippen LogP contribution < -0.4 is 11.1 Å². The lowest BCUT2D eigenvalue weighted by molar-refractivity contribution is -0.384. The van der Waals surface area contributed by atoms with E-state index < -0.39 is 15.3 Å². The summed E-state index contributed by atoms with van der Waals surface area (Å²) in [4.78, 5) is 9.86. The molecular formula is C8H12N4O6S. The molecule has 0 radical (unpaired) electrons. The molecule has 0 aliphatic heterocycles. The Labute approximate surface area is 108 Å². The Morgan fingerprint density at radius 1 is 1.37 bits per heavy atom. The first-order valence-corrected chi connectivity index (χ1v) is 6.00. The summed E-state index contributed by atoms with van der Waals surface area (Å²) >= 11 is 0. The molecule has 0 unspecified atom stereocenters. The first-order chi connectivity index (χ1) is 8.59. The lowest BCUT2D eigenvalue weighted by Crippen LogP contribution is -2.29. The average molecular weight is 292 g/mol. The van der Waals surface area contributed by atoms with E-state index in [4.69, 9.17) is 28.7 Å². The Morgan fingerprint density at radius 2 is 1.79 bits per heavy atom.